The second-order valence-corrected chi connectivity index (χ2v) is 6.89. The van der Waals surface area contributed by atoms with Gasteiger partial charge in [0.05, 0.1) is 16.5 Å². The highest BCUT2D eigenvalue weighted by Gasteiger charge is 2.29. The van der Waals surface area contributed by atoms with Crippen LogP contribution in [0.25, 0.3) is 10.2 Å². The summed E-state index contributed by atoms with van der Waals surface area (Å²) < 4.78 is 3.46. The molecule has 0 amide bonds. The number of nitrogens with zero attached hydrogens (tertiary/aromatic N) is 4. The molecule has 0 spiro atoms. The highest BCUT2D eigenvalue weighted by molar-refractivity contribution is 7.22. The Morgan fingerprint density at radius 1 is 1.29 bits per heavy atom. The van der Waals surface area contributed by atoms with Crippen LogP contribution in [0.1, 0.15) is 11.1 Å². The van der Waals surface area contributed by atoms with Gasteiger partial charge in [0, 0.05) is 37.9 Å². The van der Waals surface area contributed by atoms with Crippen LogP contribution in [0.3, 0.4) is 0 Å². The zero-order chi connectivity index (χ0) is 14.4. The van der Waals surface area contributed by atoms with Crippen LogP contribution in [0, 0.1) is 19.8 Å². The summed E-state index contributed by atoms with van der Waals surface area (Å²) in [7, 11) is 0. The van der Waals surface area contributed by atoms with Crippen molar-refractivity contribution in [2.24, 2.45) is 5.92 Å². The molecule has 0 atom stereocenters. The third-order valence-electron chi connectivity index (χ3n) is 4.33. The number of aromatic nitrogens is 3. The second kappa shape index (κ2) is 4.84. The molecule has 3 heterocycles. The summed E-state index contributed by atoms with van der Waals surface area (Å²) in [5.74, 6) is 0.703. The molecule has 1 fully saturated rings. The number of thiazole rings is 1. The van der Waals surface area contributed by atoms with E-state index in [4.69, 9.17) is 4.98 Å². The van der Waals surface area contributed by atoms with Gasteiger partial charge in [0.15, 0.2) is 5.13 Å². The molecule has 0 unspecified atom stereocenters. The molecule has 21 heavy (non-hydrogen) atoms. The molecule has 0 saturated carbocycles. The van der Waals surface area contributed by atoms with E-state index in [0.717, 1.165) is 19.6 Å². The molecule has 0 bridgehead atoms. The molecular weight excluding hydrogens is 280 g/mol. The molecule has 1 aliphatic heterocycles. The summed E-state index contributed by atoms with van der Waals surface area (Å²) in [5, 5.41) is 1.17. The highest BCUT2D eigenvalue weighted by Crippen LogP contribution is 2.35. The van der Waals surface area contributed by atoms with Crippen molar-refractivity contribution >= 4 is 26.7 Å². The average Bonchev–Trinajstić information content (AvgIpc) is 3.07. The molecule has 5 heteroatoms. The van der Waals surface area contributed by atoms with Crippen LogP contribution in [-0.4, -0.2) is 27.6 Å². The number of hydrogen-bond donors (Lipinski definition) is 0. The van der Waals surface area contributed by atoms with Gasteiger partial charge in [-0.15, -0.1) is 0 Å². The van der Waals surface area contributed by atoms with Crippen molar-refractivity contribution in [3.8, 4) is 0 Å². The number of aryl methyl sites for hydroxylation is 2. The first-order valence-corrected chi connectivity index (χ1v) is 8.10. The van der Waals surface area contributed by atoms with E-state index in [1.807, 2.05) is 30.1 Å². The summed E-state index contributed by atoms with van der Waals surface area (Å²) >= 11 is 1.81. The molecule has 4 rings (SSSR count). The Bertz CT molecular complexity index is 769. The van der Waals surface area contributed by atoms with Crippen LogP contribution in [-0.2, 0) is 6.54 Å². The second-order valence-electron chi connectivity index (χ2n) is 5.88. The number of benzene rings is 1. The molecule has 0 aliphatic carbocycles. The van der Waals surface area contributed by atoms with E-state index >= 15 is 0 Å². The maximum atomic E-state index is 4.85. The van der Waals surface area contributed by atoms with Crippen LogP contribution in [0.5, 0.6) is 0 Å². The Balaban J connectivity index is 1.50. The zero-order valence-corrected chi connectivity index (χ0v) is 13.1. The van der Waals surface area contributed by atoms with E-state index in [9.17, 15) is 0 Å². The predicted molar refractivity (Wildman–Crippen MR) is 87.0 cm³/mol. The SMILES string of the molecule is Cc1ccc2sc(N3CC(Cn4ccnc4)C3)nc2c1C. The smallest absolute Gasteiger partial charge is 0.186 e. The fourth-order valence-electron chi connectivity index (χ4n) is 2.88. The van der Waals surface area contributed by atoms with Gasteiger partial charge in [-0.3, -0.25) is 0 Å². The van der Waals surface area contributed by atoms with Gasteiger partial charge in [0.1, 0.15) is 0 Å². The van der Waals surface area contributed by atoms with E-state index in [0.29, 0.717) is 5.92 Å². The van der Waals surface area contributed by atoms with Crippen LogP contribution >= 0.6 is 11.3 Å². The minimum Gasteiger partial charge on any atom is -0.347 e. The number of fused-ring (bicyclic) bond motifs is 1. The van der Waals surface area contributed by atoms with Crippen molar-refractivity contribution in [2.75, 3.05) is 18.0 Å². The maximum Gasteiger partial charge on any atom is 0.186 e. The Hall–Kier alpha value is -1.88. The molecular formula is C16H18N4S. The molecule has 1 aromatic carbocycles. The van der Waals surface area contributed by atoms with Crippen molar-refractivity contribution in [3.63, 3.8) is 0 Å². The van der Waals surface area contributed by atoms with E-state index < -0.39 is 0 Å². The van der Waals surface area contributed by atoms with Gasteiger partial charge >= 0.3 is 0 Å². The zero-order valence-electron chi connectivity index (χ0n) is 12.3. The van der Waals surface area contributed by atoms with Gasteiger partial charge in [0.2, 0.25) is 0 Å². The van der Waals surface area contributed by atoms with Crippen molar-refractivity contribution in [1.29, 1.82) is 0 Å². The van der Waals surface area contributed by atoms with Crippen LogP contribution in [0.15, 0.2) is 30.9 Å². The molecule has 2 aromatic heterocycles. The Kier molecular flexibility index (Phi) is 2.96. The first-order chi connectivity index (χ1) is 10.2. The molecule has 108 valence electrons. The van der Waals surface area contributed by atoms with Gasteiger partial charge in [-0.1, -0.05) is 17.4 Å². The third kappa shape index (κ3) is 2.21. The summed E-state index contributed by atoms with van der Waals surface area (Å²) in [6, 6.07) is 4.39. The van der Waals surface area contributed by atoms with Gasteiger partial charge in [-0.25, -0.2) is 9.97 Å². The minimum atomic E-state index is 0.703. The predicted octanol–water partition coefficient (Wildman–Crippen LogP) is 3.25. The van der Waals surface area contributed by atoms with Crippen molar-refractivity contribution in [3.05, 3.63) is 42.0 Å². The topological polar surface area (TPSA) is 34.0 Å². The molecule has 0 N–H and O–H groups in total. The summed E-state index contributed by atoms with van der Waals surface area (Å²) in [6.45, 7) is 7.56. The monoisotopic (exact) mass is 298 g/mol. The largest absolute Gasteiger partial charge is 0.347 e. The Morgan fingerprint density at radius 3 is 2.90 bits per heavy atom. The number of hydrogen-bond acceptors (Lipinski definition) is 4. The van der Waals surface area contributed by atoms with Gasteiger partial charge in [-0.05, 0) is 31.0 Å². The normalized spacial score (nSPS) is 15.6. The lowest BCUT2D eigenvalue weighted by molar-refractivity contribution is 0.357. The number of rotatable bonds is 3. The van der Waals surface area contributed by atoms with Crippen LogP contribution in [0.2, 0.25) is 0 Å². The van der Waals surface area contributed by atoms with Crippen LogP contribution in [0.4, 0.5) is 5.13 Å². The third-order valence-corrected chi connectivity index (χ3v) is 5.41. The first-order valence-electron chi connectivity index (χ1n) is 7.28. The van der Waals surface area contributed by atoms with Gasteiger partial charge in [-0.2, -0.15) is 0 Å². The fourth-order valence-corrected chi connectivity index (χ4v) is 3.93. The van der Waals surface area contributed by atoms with E-state index in [1.54, 1.807) is 0 Å². The highest BCUT2D eigenvalue weighted by atomic mass is 32.1. The van der Waals surface area contributed by atoms with Crippen molar-refractivity contribution in [1.82, 2.24) is 14.5 Å². The van der Waals surface area contributed by atoms with Gasteiger partial charge in [0.25, 0.3) is 0 Å². The lowest BCUT2D eigenvalue weighted by Gasteiger charge is -2.39. The fraction of sp³-hybridized carbons (Fsp3) is 0.375. The summed E-state index contributed by atoms with van der Waals surface area (Å²) in [6.07, 6.45) is 5.77. The maximum absolute atomic E-state index is 4.85. The molecule has 1 aliphatic rings. The number of imidazole rings is 1. The van der Waals surface area contributed by atoms with Crippen molar-refractivity contribution in [2.45, 2.75) is 20.4 Å². The van der Waals surface area contributed by atoms with Crippen LogP contribution < -0.4 is 4.90 Å². The van der Waals surface area contributed by atoms with E-state index in [-0.39, 0.29) is 0 Å². The quantitative estimate of drug-likeness (QED) is 0.744. The molecule has 1 saturated heterocycles. The standard InChI is InChI=1S/C16H18N4S/c1-11-3-4-14-15(12(11)2)18-16(21-14)20-8-13(9-20)7-19-6-5-17-10-19/h3-6,10,13H,7-9H2,1-2H3. The lowest BCUT2D eigenvalue weighted by atomic mass is 10.0. The lowest BCUT2D eigenvalue weighted by Crippen LogP contribution is -2.48. The van der Waals surface area contributed by atoms with Crippen molar-refractivity contribution < 1.29 is 0 Å². The Morgan fingerprint density at radius 2 is 2.14 bits per heavy atom. The minimum absolute atomic E-state index is 0.703. The molecule has 4 nitrogen and oxygen atoms in total. The average molecular weight is 298 g/mol. The molecule has 3 aromatic rings. The number of anilines is 1. The first kappa shape index (κ1) is 12.8. The molecule has 0 radical (unpaired) electrons. The van der Waals surface area contributed by atoms with E-state index in [1.165, 1.54) is 26.5 Å². The van der Waals surface area contributed by atoms with E-state index in [2.05, 4.69) is 40.4 Å². The summed E-state index contributed by atoms with van der Waals surface area (Å²) in [5.41, 5.74) is 3.81. The Labute approximate surface area is 128 Å². The summed E-state index contributed by atoms with van der Waals surface area (Å²) in [4.78, 5) is 11.3. The van der Waals surface area contributed by atoms with Gasteiger partial charge < -0.3 is 9.47 Å².